The minimum Gasteiger partial charge on any atom is -0.378 e. The van der Waals surface area contributed by atoms with Crippen molar-refractivity contribution in [3.05, 3.63) is 18.2 Å². The van der Waals surface area contributed by atoms with Crippen LogP contribution in [0.2, 0.25) is 0 Å². The summed E-state index contributed by atoms with van der Waals surface area (Å²) in [6.07, 6.45) is 3.25. The molecule has 0 aliphatic carbocycles. The molecule has 1 heterocycles. The van der Waals surface area contributed by atoms with Crippen molar-refractivity contribution in [1.29, 1.82) is 0 Å². The molecule has 0 aromatic carbocycles. The standard InChI is InChI=1S/C9H16N4O2/c1-13-6-8(12-7-13)9(14)11-3-5-15-4-2-10/h6-7H,2-5,10H2,1H3,(H,11,14). The van der Waals surface area contributed by atoms with Gasteiger partial charge in [-0.1, -0.05) is 0 Å². The summed E-state index contributed by atoms with van der Waals surface area (Å²) in [6.45, 7) is 1.94. The zero-order valence-corrected chi connectivity index (χ0v) is 8.77. The fraction of sp³-hybridized carbons (Fsp3) is 0.556. The summed E-state index contributed by atoms with van der Waals surface area (Å²) >= 11 is 0. The van der Waals surface area contributed by atoms with Crippen LogP contribution >= 0.6 is 0 Å². The molecule has 0 aliphatic rings. The third kappa shape index (κ3) is 4.09. The number of hydrogen-bond donors (Lipinski definition) is 2. The first-order chi connectivity index (χ1) is 7.24. The molecule has 15 heavy (non-hydrogen) atoms. The van der Waals surface area contributed by atoms with Crippen LogP contribution in [0, 0.1) is 0 Å². The normalized spacial score (nSPS) is 10.3. The number of nitrogens with one attached hydrogen (secondary N) is 1. The van der Waals surface area contributed by atoms with E-state index >= 15 is 0 Å². The molecule has 6 heteroatoms. The van der Waals surface area contributed by atoms with Crippen molar-refractivity contribution >= 4 is 5.91 Å². The minimum atomic E-state index is -0.188. The molecule has 0 aliphatic heterocycles. The van der Waals surface area contributed by atoms with E-state index in [1.54, 1.807) is 17.1 Å². The first-order valence-electron chi connectivity index (χ1n) is 4.78. The predicted octanol–water partition coefficient (Wildman–Crippen LogP) is -0.875. The monoisotopic (exact) mass is 212 g/mol. The van der Waals surface area contributed by atoms with Gasteiger partial charge in [-0.25, -0.2) is 4.98 Å². The minimum absolute atomic E-state index is 0.188. The molecule has 0 unspecified atom stereocenters. The van der Waals surface area contributed by atoms with Crippen LogP contribution < -0.4 is 11.1 Å². The molecule has 0 fully saturated rings. The van der Waals surface area contributed by atoms with Gasteiger partial charge in [0.15, 0.2) is 0 Å². The molecule has 0 saturated heterocycles. The van der Waals surface area contributed by atoms with E-state index in [4.69, 9.17) is 10.5 Å². The molecule has 1 aromatic rings. The SMILES string of the molecule is Cn1cnc(C(=O)NCCOCCN)c1. The molecular formula is C9H16N4O2. The quantitative estimate of drug-likeness (QED) is 0.600. The molecule has 0 radical (unpaired) electrons. The fourth-order valence-corrected chi connectivity index (χ4v) is 1.04. The van der Waals surface area contributed by atoms with E-state index in [2.05, 4.69) is 10.3 Å². The number of aryl methyl sites for hydroxylation is 1. The molecule has 84 valence electrons. The van der Waals surface area contributed by atoms with Crippen molar-refractivity contribution in [2.24, 2.45) is 12.8 Å². The number of aromatic nitrogens is 2. The number of ether oxygens (including phenoxy) is 1. The number of imidazole rings is 1. The molecule has 1 rings (SSSR count). The van der Waals surface area contributed by atoms with E-state index in [9.17, 15) is 4.79 Å². The van der Waals surface area contributed by atoms with E-state index < -0.39 is 0 Å². The van der Waals surface area contributed by atoms with Crippen molar-refractivity contribution in [1.82, 2.24) is 14.9 Å². The number of carbonyl (C=O) groups excluding carboxylic acids is 1. The number of amides is 1. The van der Waals surface area contributed by atoms with Gasteiger partial charge in [0.05, 0.1) is 19.5 Å². The van der Waals surface area contributed by atoms with Gasteiger partial charge in [0.2, 0.25) is 0 Å². The highest BCUT2D eigenvalue weighted by atomic mass is 16.5. The van der Waals surface area contributed by atoms with E-state index in [1.165, 1.54) is 0 Å². The molecular weight excluding hydrogens is 196 g/mol. The Labute approximate surface area is 88.4 Å². The third-order valence-corrected chi connectivity index (χ3v) is 1.73. The summed E-state index contributed by atoms with van der Waals surface area (Å²) in [5, 5.41) is 2.69. The molecule has 0 bridgehead atoms. The summed E-state index contributed by atoms with van der Waals surface area (Å²) < 4.78 is 6.83. The van der Waals surface area contributed by atoms with E-state index in [1.807, 2.05) is 7.05 Å². The Kier molecular flexibility index (Phi) is 4.79. The van der Waals surface area contributed by atoms with Crippen molar-refractivity contribution in [3.63, 3.8) is 0 Å². The molecule has 0 saturated carbocycles. The van der Waals surface area contributed by atoms with Crippen LogP contribution in [0.5, 0.6) is 0 Å². The second kappa shape index (κ2) is 6.15. The van der Waals surface area contributed by atoms with E-state index in [0.717, 1.165) is 0 Å². The van der Waals surface area contributed by atoms with Crippen LogP contribution in [0.4, 0.5) is 0 Å². The molecule has 3 N–H and O–H groups in total. The van der Waals surface area contributed by atoms with Gasteiger partial charge in [-0.05, 0) is 0 Å². The van der Waals surface area contributed by atoms with E-state index in [-0.39, 0.29) is 5.91 Å². The highest BCUT2D eigenvalue weighted by Crippen LogP contribution is 1.92. The molecule has 6 nitrogen and oxygen atoms in total. The second-order valence-corrected chi connectivity index (χ2v) is 3.08. The van der Waals surface area contributed by atoms with Gasteiger partial charge >= 0.3 is 0 Å². The summed E-state index contributed by atoms with van der Waals surface area (Å²) in [5.74, 6) is -0.188. The van der Waals surface area contributed by atoms with Crippen molar-refractivity contribution in [2.75, 3.05) is 26.3 Å². The van der Waals surface area contributed by atoms with Crippen LogP contribution in [0.15, 0.2) is 12.5 Å². The predicted molar refractivity (Wildman–Crippen MR) is 55.4 cm³/mol. The number of hydrogen-bond acceptors (Lipinski definition) is 4. The smallest absolute Gasteiger partial charge is 0.271 e. The van der Waals surface area contributed by atoms with Gasteiger partial charge in [0.1, 0.15) is 5.69 Å². The first-order valence-corrected chi connectivity index (χ1v) is 4.78. The van der Waals surface area contributed by atoms with Gasteiger partial charge in [0.25, 0.3) is 5.91 Å². The number of nitrogens with two attached hydrogens (primary N) is 1. The third-order valence-electron chi connectivity index (χ3n) is 1.73. The average molecular weight is 212 g/mol. The zero-order valence-electron chi connectivity index (χ0n) is 8.77. The van der Waals surface area contributed by atoms with Crippen molar-refractivity contribution in [2.45, 2.75) is 0 Å². The van der Waals surface area contributed by atoms with Gasteiger partial charge in [0, 0.05) is 26.3 Å². The second-order valence-electron chi connectivity index (χ2n) is 3.08. The number of carbonyl (C=O) groups is 1. The van der Waals surface area contributed by atoms with Crippen LogP contribution in [-0.4, -0.2) is 41.8 Å². The lowest BCUT2D eigenvalue weighted by atomic mass is 10.4. The first kappa shape index (κ1) is 11.7. The topological polar surface area (TPSA) is 82.2 Å². The maximum atomic E-state index is 11.4. The maximum absolute atomic E-state index is 11.4. The average Bonchev–Trinajstić information content (AvgIpc) is 2.64. The molecule has 1 aromatic heterocycles. The zero-order chi connectivity index (χ0) is 11.1. The Morgan fingerprint density at radius 2 is 2.47 bits per heavy atom. The highest BCUT2D eigenvalue weighted by Gasteiger charge is 2.06. The molecule has 0 spiro atoms. The summed E-state index contributed by atoms with van der Waals surface area (Å²) in [6, 6.07) is 0. The van der Waals surface area contributed by atoms with Gasteiger partial charge in [-0.2, -0.15) is 0 Å². The van der Waals surface area contributed by atoms with E-state index in [0.29, 0.717) is 32.0 Å². The lowest BCUT2D eigenvalue weighted by Gasteiger charge is -2.03. The number of nitrogens with zero attached hydrogens (tertiary/aromatic N) is 2. The van der Waals surface area contributed by atoms with Crippen LogP contribution in [0.25, 0.3) is 0 Å². The molecule has 1 amide bonds. The lowest BCUT2D eigenvalue weighted by molar-refractivity contribution is 0.0915. The fourth-order valence-electron chi connectivity index (χ4n) is 1.04. The Morgan fingerprint density at radius 1 is 1.67 bits per heavy atom. The lowest BCUT2D eigenvalue weighted by Crippen LogP contribution is -2.28. The Balaban J connectivity index is 2.19. The van der Waals surface area contributed by atoms with Gasteiger partial charge in [-0.3, -0.25) is 4.79 Å². The Morgan fingerprint density at radius 3 is 3.07 bits per heavy atom. The van der Waals surface area contributed by atoms with Gasteiger partial charge in [-0.15, -0.1) is 0 Å². The maximum Gasteiger partial charge on any atom is 0.271 e. The van der Waals surface area contributed by atoms with Crippen LogP contribution in [0.3, 0.4) is 0 Å². The van der Waals surface area contributed by atoms with Gasteiger partial charge < -0.3 is 20.4 Å². The Hall–Kier alpha value is -1.40. The van der Waals surface area contributed by atoms with Crippen molar-refractivity contribution in [3.8, 4) is 0 Å². The molecule has 0 atom stereocenters. The van der Waals surface area contributed by atoms with Crippen molar-refractivity contribution < 1.29 is 9.53 Å². The summed E-state index contributed by atoms with van der Waals surface area (Å²) in [7, 11) is 1.81. The largest absolute Gasteiger partial charge is 0.378 e. The Bertz CT molecular complexity index is 311. The summed E-state index contributed by atoms with van der Waals surface area (Å²) in [4.78, 5) is 15.3. The summed E-state index contributed by atoms with van der Waals surface area (Å²) in [5.41, 5.74) is 5.65. The highest BCUT2D eigenvalue weighted by molar-refractivity contribution is 5.91. The number of rotatable bonds is 6. The van der Waals surface area contributed by atoms with Crippen LogP contribution in [0.1, 0.15) is 10.5 Å². The van der Waals surface area contributed by atoms with Crippen LogP contribution in [-0.2, 0) is 11.8 Å².